The molecule has 3 nitrogen and oxygen atoms in total. The highest BCUT2D eigenvalue weighted by Gasteiger charge is 2.07. The van der Waals surface area contributed by atoms with E-state index in [-0.39, 0.29) is 0 Å². The smallest absolute Gasteiger partial charge is 0.0386 e. The van der Waals surface area contributed by atoms with Crippen LogP contribution in [0.1, 0.15) is 31.2 Å². The van der Waals surface area contributed by atoms with E-state index in [0.717, 1.165) is 26.2 Å². The molecule has 19 heavy (non-hydrogen) atoms. The van der Waals surface area contributed by atoms with Gasteiger partial charge < -0.3 is 15.1 Å². The van der Waals surface area contributed by atoms with Gasteiger partial charge in [0.25, 0.3) is 0 Å². The predicted octanol–water partition coefficient (Wildman–Crippen LogP) is 2.67. The summed E-state index contributed by atoms with van der Waals surface area (Å²) >= 11 is 1.83. The monoisotopic (exact) mass is 283 g/mol. The third-order valence-electron chi connectivity index (χ3n) is 3.25. The Labute approximate surface area is 122 Å². The average Bonchev–Trinajstić information content (AvgIpc) is 2.89. The van der Waals surface area contributed by atoms with E-state index in [1.165, 1.54) is 17.8 Å². The highest BCUT2D eigenvalue weighted by molar-refractivity contribution is 7.10. The fraction of sp³-hybridized carbons (Fsp3) is 0.733. The Bertz CT molecular complexity index is 311. The summed E-state index contributed by atoms with van der Waals surface area (Å²) in [5.41, 5.74) is 0. The highest BCUT2D eigenvalue weighted by Crippen LogP contribution is 2.17. The topological polar surface area (TPSA) is 18.5 Å². The van der Waals surface area contributed by atoms with Crippen molar-refractivity contribution in [2.75, 3.05) is 46.8 Å². The van der Waals surface area contributed by atoms with Gasteiger partial charge in [-0.2, -0.15) is 0 Å². The van der Waals surface area contributed by atoms with Gasteiger partial charge in [0.15, 0.2) is 0 Å². The SMILES string of the molecule is CCCN(CCNC(C)c1cccs1)CCN(C)C. The van der Waals surface area contributed by atoms with Crippen molar-refractivity contribution in [2.45, 2.75) is 26.3 Å². The molecule has 1 aromatic heterocycles. The molecule has 0 aliphatic carbocycles. The minimum absolute atomic E-state index is 0.470. The van der Waals surface area contributed by atoms with E-state index in [2.05, 4.69) is 60.6 Å². The molecule has 1 atom stereocenters. The van der Waals surface area contributed by atoms with E-state index in [0.29, 0.717) is 6.04 Å². The molecule has 0 saturated heterocycles. The van der Waals surface area contributed by atoms with Crippen molar-refractivity contribution in [1.29, 1.82) is 0 Å². The molecule has 4 heteroatoms. The fourth-order valence-corrected chi connectivity index (χ4v) is 2.83. The summed E-state index contributed by atoms with van der Waals surface area (Å²) < 4.78 is 0. The molecule has 0 aliphatic heterocycles. The van der Waals surface area contributed by atoms with E-state index in [1.807, 2.05) is 11.3 Å². The maximum Gasteiger partial charge on any atom is 0.0386 e. The number of hydrogen-bond acceptors (Lipinski definition) is 4. The number of rotatable bonds is 10. The zero-order chi connectivity index (χ0) is 14.1. The summed E-state index contributed by atoms with van der Waals surface area (Å²) in [5, 5.41) is 5.76. The van der Waals surface area contributed by atoms with Crippen molar-refractivity contribution in [3.8, 4) is 0 Å². The van der Waals surface area contributed by atoms with Crippen LogP contribution >= 0.6 is 11.3 Å². The van der Waals surface area contributed by atoms with Gasteiger partial charge in [0.2, 0.25) is 0 Å². The highest BCUT2D eigenvalue weighted by atomic mass is 32.1. The Hall–Kier alpha value is -0.420. The van der Waals surface area contributed by atoms with Gasteiger partial charge in [0, 0.05) is 37.1 Å². The van der Waals surface area contributed by atoms with Gasteiger partial charge in [0.05, 0.1) is 0 Å². The summed E-state index contributed by atoms with van der Waals surface area (Å²) in [6.07, 6.45) is 1.23. The molecular weight excluding hydrogens is 254 g/mol. The molecule has 0 fully saturated rings. The molecule has 1 aromatic rings. The molecule has 110 valence electrons. The van der Waals surface area contributed by atoms with E-state index >= 15 is 0 Å². The summed E-state index contributed by atoms with van der Waals surface area (Å²) in [6, 6.07) is 4.80. The molecule has 0 aromatic carbocycles. The summed E-state index contributed by atoms with van der Waals surface area (Å²) in [6.45, 7) is 10.2. The third kappa shape index (κ3) is 7.06. The molecule has 1 heterocycles. The van der Waals surface area contributed by atoms with Gasteiger partial charge >= 0.3 is 0 Å². The largest absolute Gasteiger partial charge is 0.308 e. The molecule has 1 N–H and O–H groups in total. The molecule has 0 amide bonds. The number of nitrogens with zero attached hydrogens (tertiary/aromatic N) is 2. The van der Waals surface area contributed by atoms with Crippen LogP contribution in [0.3, 0.4) is 0 Å². The lowest BCUT2D eigenvalue weighted by molar-refractivity contribution is 0.239. The molecule has 0 radical (unpaired) electrons. The molecule has 1 unspecified atom stereocenters. The van der Waals surface area contributed by atoms with Gasteiger partial charge in [-0.25, -0.2) is 0 Å². The lowest BCUT2D eigenvalue weighted by atomic mass is 10.2. The van der Waals surface area contributed by atoms with Gasteiger partial charge in [-0.1, -0.05) is 13.0 Å². The van der Waals surface area contributed by atoms with Crippen molar-refractivity contribution in [3.05, 3.63) is 22.4 Å². The quantitative estimate of drug-likeness (QED) is 0.712. The Kier molecular flexibility index (Phi) is 8.30. The van der Waals surface area contributed by atoms with Crippen molar-refractivity contribution in [2.24, 2.45) is 0 Å². The third-order valence-corrected chi connectivity index (χ3v) is 4.31. The van der Waals surface area contributed by atoms with Crippen LogP contribution in [-0.2, 0) is 0 Å². The molecule has 1 rings (SSSR count). The van der Waals surface area contributed by atoms with Crippen molar-refractivity contribution < 1.29 is 0 Å². The number of hydrogen-bond donors (Lipinski definition) is 1. The number of thiophene rings is 1. The normalized spacial score (nSPS) is 13.4. The zero-order valence-corrected chi connectivity index (χ0v) is 13.7. The van der Waals surface area contributed by atoms with Crippen molar-refractivity contribution >= 4 is 11.3 Å². The first kappa shape index (κ1) is 16.6. The van der Waals surface area contributed by atoms with Crippen LogP contribution in [-0.4, -0.2) is 56.6 Å². The molecule has 0 bridgehead atoms. The van der Waals surface area contributed by atoms with Crippen LogP contribution in [0.25, 0.3) is 0 Å². The van der Waals surface area contributed by atoms with E-state index in [4.69, 9.17) is 0 Å². The Balaban J connectivity index is 2.23. The first-order chi connectivity index (χ1) is 9.13. The summed E-state index contributed by atoms with van der Waals surface area (Å²) in [4.78, 5) is 6.23. The number of nitrogens with one attached hydrogen (secondary N) is 1. The van der Waals surface area contributed by atoms with Crippen LogP contribution in [0.15, 0.2) is 17.5 Å². The van der Waals surface area contributed by atoms with Crippen molar-refractivity contribution in [1.82, 2.24) is 15.1 Å². The summed E-state index contributed by atoms with van der Waals surface area (Å²) in [5.74, 6) is 0. The van der Waals surface area contributed by atoms with Crippen LogP contribution in [0.2, 0.25) is 0 Å². The minimum Gasteiger partial charge on any atom is -0.308 e. The van der Waals surface area contributed by atoms with E-state index in [1.54, 1.807) is 0 Å². The number of likely N-dealkylation sites (N-methyl/N-ethyl adjacent to an activating group) is 1. The van der Waals surface area contributed by atoms with E-state index in [9.17, 15) is 0 Å². The average molecular weight is 283 g/mol. The van der Waals surface area contributed by atoms with Crippen LogP contribution < -0.4 is 5.32 Å². The van der Waals surface area contributed by atoms with Gasteiger partial charge in [-0.3, -0.25) is 0 Å². The maximum atomic E-state index is 3.62. The molecule has 0 saturated carbocycles. The second-order valence-electron chi connectivity index (χ2n) is 5.34. The summed E-state index contributed by atoms with van der Waals surface area (Å²) in [7, 11) is 4.28. The standard InChI is InChI=1S/C15H29N3S/c1-5-9-18(12-11-17(3)4)10-8-16-14(2)15-7-6-13-19-15/h6-7,13-14,16H,5,8-12H2,1-4H3. The Morgan fingerprint density at radius 3 is 2.58 bits per heavy atom. The fourth-order valence-electron chi connectivity index (χ4n) is 2.07. The Morgan fingerprint density at radius 1 is 1.21 bits per heavy atom. The lowest BCUT2D eigenvalue weighted by Gasteiger charge is -2.24. The van der Waals surface area contributed by atoms with E-state index < -0.39 is 0 Å². The molecule has 0 aliphatic rings. The second kappa shape index (κ2) is 9.48. The molecular formula is C15H29N3S. The minimum atomic E-state index is 0.470. The Morgan fingerprint density at radius 2 is 2.00 bits per heavy atom. The predicted molar refractivity (Wildman–Crippen MR) is 86.0 cm³/mol. The lowest BCUT2D eigenvalue weighted by Crippen LogP contribution is -2.37. The first-order valence-electron chi connectivity index (χ1n) is 7.27. The van der Waals surface area contributed by atoms with Crippen molar-refractivity contribution in [3.63, 3.8) is 0 Å². The zero-order valence-electron chi connectivity index (χ0n) is 12.9. The van der Waals surface area contributed by atoms with Gasteiger partial charge in [0.1, 0.15) is 0 Å². The second-order valence-corrected chi connectivity index (χ2v) is 6.32. The molecule has 0 spiro atoms. The first-order valence-corrected chi connectivity index (χ1v) is 8.15. The maximum absolute atomic E-state index is 3.62. The van der Waals surface area contributed by atoms with Gasteiger partial charge in [-0.05, 0) is 45.4 Å². The van der Waals surface area contributed by atoms with Gasteiger partial charge in [-0.15, -0.1) is 11.3 Å². The van der Waals surface area contributed by atoms with Crippen LogP contribution in [0.5, 0.6) is 0 Å². The van der Waals surface area contributed by atoms with Crippen LogP contribution in [0, 0.1) is 0 Å². The van der Waals surface area contributed by atoms with Crippen LogP contribution in [0.4, 0.5) is 0 Å².